The molecule has 1 atom stereocenters. The van der Waals surface area contributed by atoms with Gasteiger partial charge in [-0.25, -0.2) is 4.98 Å². The molecular formula is C17H20N4O2S. The van der Waals surface area contributed by atoms with Crippen LogP contribution in [0.1, 0.15) is 11.5 Å². The Kier molecular flexibility index (Phi) is 4.46. The molecule has 0 aliphatic carbocycles. The lowest BCUT2D eigenvalue weighted by Gasteiger charge is -2.32. The third-order valence-electron chi connectivity index (χ3n) is 4.21. The molecule has 3 aromatic heterocycles. The van der Waals surface area contributed by atoms with Crippen molar-refractivity contribution in [1.29, 1.82) is 0 Å². The van der Waals surface area contributed by atoms with E-state index in [1.165, 1.54) is 0 Å². The van der Waals surface area contributed by atoms with Crippen molar-refractivity contribution in [2.75, 3.05) is 19.7 Å². The molecule has 1 aliphatic heterocycles. The Balaban J connectivity index is 1.41. The molecule has 0 bridgehead atoms. The monoisotopic (exact) mass is 344 g/mol. The molecule has 4 rings (SSSR count). The van der Waals surface area contributed by atoms with E-state index in [1.54, 1.807) is 17.5 Å². The van der Waals surface area contributed by atoms with Crippen molar-refractivity contribution in [3.8, 4) is 11.5 Å². The van der Waals surface area contributed by atoms with Gasteiger partial charge >= 0.3 is 0 Å². The summed E-state index contributed by atoms with van der Waals surface area (Å²) in [5.74, 6) is 1.61. The maximum Gasteiger partial charge on any atom is 0.227 e. The minimum Gasteiger partial charge on any atom is -0.441 e. The van der Waals surface area contributed by atoms with Crippen molar-refractivity contribution in [3.63, 3.8) is 0 Å². The molecule has 126 valence electrons. The number of aryl methyl sites for hydroxylation is 1. The van der Waals surface area contributed by atoms with E-state index in [0.717, 1.165) is 49.8 Å². The second kappa shape index (κ2) is 6.88. The summed E-state index contributed by atoms with van der Waals surface area (Å²) in [7, 11) is 0. The van der Waals surface area contributed by atoms with Gasteiger partial charge in [0.15, 0.2) is 0 Å². The molecule has 24 heavy (non-hydrogen) atoms. The summed E-state index contributed by atoms with van der Waals surface area (Å²) in [6.45, 7) is 6.08. The van der Waals surface area contributed by atoms with Crippen LogP contribution >= 0.6 is 11.3 Å². The molecule has 0 aromatic carbocycles. The third kappa shape index (κ3) is 3.43. The fourth-order valence-electron chi connectivity index (χ4n) is 2.95. The first-order valence-corrected chi connectivity index (χ1v) is 9.02. The molecule has 0 radical (unpaired) electrons. The fraction of sp³-hybridized carbons (Fsp3) is 0.412. The van der Waals surface area contributed by atoms with Gasteiger partial charge in [-0.2, -0.15) is 16.4 Å². The van der Waals surface area contributed by atoms with E-state index in [9.17, 15) is 0 Å². The van der Waals surface area contributed by atoms with E-state index in [1.807, 2.05) is 35.3 Å². The molecule has 0 spiro atoms. The van der Waals surface area contributed by atoms with Crippen LogP contribution in [0, 0.1) is 6.92 Å². The molecule has 0 saturated carbocycles. The fourth-order valence-corrected chi connectivity index (χ4v) is 3.58. The first kappa shape index (κ1) is 15.6. The van der Waals surface area contributed by atoms with Gasteiger partial charge in [-0.05, 0) is 24.4 Å². The van der Waals surface area contributed by atoms with Crippen LogP contribution < -0.4 is 0 Å². The Hall–Kier alpha value is -1.96. The van der Waals surface area contributed by atoms with Crippen LogP contribution in [0.2, 0.25) is 0 Å². The SMILES string of the molecule is Cc1oc(-c2ccsc2)nc1CN1CCOC(Cn2cccn2)C1. The zero-order chi connectivity index (χ0) is 16.4. The lowest BCUT2D eigenvalue weighted by atomic mass is 10.2. The summed E-state index contributed by atoms with van der Waals surface area (Å²) in [5.41, 5.74) is 2.06. The molecule has 3 aromatic rings. The highest BCUT2D eigenvalue weighted by molar-refractivity contribution is 7.08. The van der Waals surface area contributed by atoms with Gasteiger partial charge in [0.05, 0.1) is 24.9 Å². The number of oxazole rings is 1. The molecule has 4 heterocycles. The van der Waals surface area contributed by atoms with Gasteiger partial charge in [0.2, 0.25) is 5.89 Å². The summed E-state index contributed by atoms with van der Waals surface area (Å²) < 4.78 is 13.6. The van der Waals surface area contributed by atoms with Crippen LogP contribution in [-0.4, -0.2) is 45.5 Å². The maximum absolute atomic E-state index is 5.87. The molecule has 1 aliphatic rings. The normalized spacial score (nSPS) is 19.0. The largest absolute Gasteiger partial charge is 0.441 e. The average Bonchev–Trinajstić information content (AvgIpc) is 3.31. The topological polar surface area (TPSA) is 56.3 Å². The molecule has 1 saturated heterocycles. The second-order valence-electron chi connectivity index (χ2n) is 5.99. The van der Waals surface area contributed by atoms with Crippen molar-refractivity contribution in [1.82, 2.24) is 19.7 Å². The zero-order valence-corrected chi connectivity index (χ0v) is 14.4. The second-order valence-corrected chi connectivity index (χ2v) is 6.77. The number of hydrogen-bond donors (Lipinski definition) is 0. The number of morpholine rings is 1. The van der Waals surface area contributed by atoms with E-state index < -0.39 is 0 Å². The highest BCUT2D eigenvalue weighted by Gasteiger charge is 2.23. The summed E-state index contributed by atoms with van der Waals surface area (Å²) >= 11 is 1.65. The Morgan fingerprint density at radius 1 is 1.42 bits per heavy atom. The highest BCUT2D eigenvalue weighted by Crippen LogP contribution is 2.24. The number of aromatic nitrogens is 3. The molecule has 0 amide bonds. The molecule has 1 fully saturated rings. The van der Waals surface area contributed by atoms with Crippen molar-refractivity contribution >= 4 is 11.3 Å². The van der Waals surface area contributed by atoms with E-state index in [2.05, 4.69) is 20.4 Å². The van der Waals surface area contributed by atoms with E-state index in [-0.39, 0.29) is 6.10 Å². The van der Waals surface area contributed by atoms with Crippen LogP contribution in [0.4, 0.5) is 0 Å². The molecular weight excluding hydrogens is 324 g/mol. The van der Waals surface area contributed by atoms with Gasteiger partial charge in [-0.1, -0.05) is 0 Å². The number of ether oxygens (including phenoxy) is 1. The Labute approximate surface area is 144 Å². The number of hydrogen-bond acceptors (Lipinski definition) is 6. The van der Waals surface area contributed by atoms with Gasteiger partial charge < -0.3 is 9.15 Å². The Bertz CT molecular complexity index is 767. The Morgan fingerprint density at radius 2 is 2.38 bits per heavy atom. The standard InChI is InChI=1S/C17H20N4O2S/c1-13-16(19-17(23-13)14-3-8-24-12-14)11-20-6-7-22-15(9-20)10-21-5-2-4-18-21/h2-5,8,12,15H,6-7,9-11H2,1H3. The third-order valence-corrected chi connectivity index (χ3v) is 4.89. The minimum absolute atomic E-state index is 0.155. The van der Waals surface area contributed by atoms with Crippen molar-refractivity contribution in [2.24, 2.45) is 0 Å². The quantitative estimate of drug-likeness (QED) is 0.712. The highest BCUT2D eigenvalue weighted by atomic mass is 32.1. The van der Waals surface area contributed by atoms with Gasteiger partial charge in [-0.3, -0.25) is 9.58 Å². The predicted octanol–water partition coefficient (Wildman–Crippen LogP) is 2.81. The minimum atomic E-state index is 0.155. The summed E-state index contributed by atoms with van der Waals surface area (Å²) in [6.07, 6.45) is 3.92. The van der Waals surface area contributed by atoms with E-state index in [0.29, 0.717) is 5.89 Å². The lowest BCUT2D eigenvalue weighted by Crippen LogP contribution is -2.43. The van der Waals surface area contributed by atoms with Crippen molar-refractivity contribution in [2.45, 2.75) is 26.1 Å². The van der Waals surface area contributed by atoms with Crippen molar-refractivity contribution in [3.05, 3.63) is 46.7 Å². The van der Waals surface area contributed by atoms with Crippen molar-refractivity contribution < 1.29 is 9.15 Å². The maximum atomic E-state index is 5.87. The average molecular weight is 344 g/mol. The Morgan fingerprint density at radius 3 is 3.17 bits per heavy atom. The van der Waals surface area contributed by atoms with Crippen LogP contribution in [0.15, 0.2) is 39.7 Å². The van der Waals surface area contributed by atoms with Crippen LogP contribution in [0.5, 0.6) is 0 Å². The van der Waals surface area contributed by atoms with E-state index >= 15 is 0 Å². The van der Waals surface area contributed by atoms with Crippen LogP contribution in [-0.2, 0) is 17.8 Å². The first-order valence-electron chi connectivity index (χ1n) is 8.08. The first-order chi connectivity index (χ1) is 11.8. The molecule has 0 N–H and O–H groups in total. The lowest BCUT2D eigenvalue weighted by molar-refractivity contribution is -0.0406. The molecule has 1 unspecified atom stereocenters. The predicted molar refractivity (Wildman–Crippen MR) is 91.8 cm³/mol. The summed E-state index contributed by atoms with van der Waals surface area (Å²) in [4.78, 5) is 7.06. The van der Waals surface area contributed by atoms with Gasteiger partial charge in [0, 0.05) is 43.0 Å². The van der Waals surface area contributed by atoms with Crippen LogP contribution in [0.3, 0.4) is 0 Å². The zero-order valence-electron chi connectivity index (χ0n) is 13.6. The molecule has 6 nitrogen and oxygen atoms in total. The number of nitrogens with zero attached hydrogens (tertiary/aromatic N) is 4. The number of thiophene rings is 1. The number of rotatable bonds is 5. The van der Waals surface area contributed by atoms with E-state index in [4.69, 9.17) is 9.15 Å². The van der Waals surface area contributed by atoms with Gasteiger partial charge in [0.25, 0.3) is 0 Å². The van der Waals surface area contributed by atoms with Crippen LogP contribution in [0.25, 0.3) is 11.5 Å². The van der Waals surface area contributed by atoms with Gasteiger partial charge in [0.1, 0.15) is 5.76 Å². The molecule has 7 heteroatoms. The summed E-state index contributed by atoms with van der Waals surface area (Å²) in [5, 5.41) is 8.35. The van der Waals surface area contributed by atoms with Gasteiger partial charge in [-0.15, -0.1) is 0 Å². The smallest absolute Gasteiger partial charge is 0.227 e. The summed E-state index contributed by atoms with van der Waals surface area (Å²) in [6, 6.07) is 3.97.